The lowest BCUT2D eigenvalue weighted by Crippen LogP contribution is -2.57. The summed E-state index contributed by atoms with van der Waals surface area (Å²) in [5.41, 5.74) is 0.173. The van der Waals surface area contributed by atoms with Gasteiger partial charge in [-0.05, 0) is 24.5 Å². The number of aliphatic hydroxyl groups is 1. The Morgan fingerprint density at radius 3 is 2.45 bits per heavy atom. The van der Waals surface area contributed by atoms with Crippen LogP contribution in [0.2, 0.25) is 0 Å². The Morgan fingerprint density at radius 1 is 1.00 bits per heavy atom. The van der Waals surface area contributed by atoms with Crippen molar-refractivity contribution in [2.75, 3.05) is 19.7 Å². The molecule has 7 atom stereocenters. The zero-order chi connectivity index (χ0) is 30.8. The van der Waals surface area contributed by atoms with Gasteiger partial charge in [0.15, 0.2) is 0 Å². The van der Waals surface area contributed by atoms with Crippen LogP contribution in [0.5, 0.6) is 0 Å². The lowest BCUT2D eigenvalue weighted by atomic mass is 9.78. The number of esters is 1. The van der Waals surface area contributed by atoms with Crippen LogP contribution in [0.15, 0.2) is 85.0 Å². The summed E-state index contributed by atoms with van der Waals surface area (Å²) in [5, 5.41) is 13.0. The number of benzene rings is 2. The smallest absolute Gasteiger partial charge is 0.313 e. The van der Waals surface area contributed by atoms with Crippen LogP contribution in [0, 0.1) is 11.8 Å². The minimum absolute atomic E-state index is 0.0728. The van der Waals surface area contributed by atoms with E-state index in [1.165, 1.54) is 4.90 Å². The third-order valence-electron chi connectivity index (χ3n) is 9.02. The van der Waals surface area contributed by atoms with Gasteiger partial charge in [0.2, 0.25) is 17.7 Å². The van der Waals surface area contributed by atoms with Crippen LogP contribution >= 0.6 is 0 Å². The van der Waals surface area contributed by atoms with Crippen molar-refractivity contribution in [1.82, 2.24) is 15.1 Å². The fraction of sp³-hybridized carbons (Fsp3) is 0.412. The van der Waals surface area contributed by atoms with Crippen molar-refractivity contribution in [3.63, 3.8) is 0 Å². The lowest BCUT2D eigenvalue weighted by Gasteiger charge is -2.37. The van der Waals surface area contributed by atoms with E-state index in [0.29, 0.717) is 18.5 Å². The Labute approximate surface area is 256 Å². The third kappa shape index (κ3) is 5.33. The summed E-state index contributed by atoms with van der Waals surface area (Å²) < 4.78 is 12.8. The number of aliphatic hydroxyl groups excluding tert-OH is 1. The molecule has 0 saturated carbocycles. The van der Waals surface area contributed by atoms with Crippen LogP contribution in [0.1, 0.15) is 37.0 Å². The molecule has 0 aromatic heterocycles. The predicted octanol–water partition coefficient (Wildman–Crippen LogP) is 2.30. The number of hydrogen-bond acceptors (Lipinski definition) is 7. The number of cyclic esters (lactones) is 1. The summed E-state index contributed by atoms with van der Waals surface area (Å²) in [5.74, 6) is -3.70. The van der Waals surface area contributed by atoms with Crippen molar-refractivity contribution >= 4 is 23.7 Å². The Balaban J connectivity index is 1.41. The van der Waals surface area contributed by atoms with Crippen molar-refractivity contribution in [2.45, 2.75) is 56.2 Å². The van der Waals surface area contributed by atoms with Crippen molar-refractivity contribution in [3.8, 4) is 0 Å². The molecule has 10 heteroatoms. The van der Waals surface area contributed by atoms with Gasteiger partial charge >= 0.3 is 5.97 Å². The van der Waals surface area contributed by atoms with Gasteiger partial charge in [0, 0.05) is 19.5 Å². The first-order chi connectivity index (χ1) is 21.3. The second-order valence-electron chi connectivity index (χ2n) is 11.8. The molecule has 2 N–H and O–H groups in total. The van der Waals surface area contributed by atoms with Gasteiger partial charge in [-0.15, -0.1) is 0 Å². The van der Waals surface area contributed by atoms with Crippen molar-refractivity contribution in [3.05, 3.63) is 96.1 Å². The fourth-order valence-corrected chi connectivity index (χ4v) is 6.90. The number of nitrogens with zero attached hydrogens (tertiary/aromatic N) is 2. The first kappa shape index (κ1) is 29.8. The lowest BCUT2D eigenvalue weighted by molar-refractivity contribution is -0.160. The molecule has 4 aliphatic heterocycles. The normalized spacial score (nSPS) is 31.9. The maximum Gasteiger partial charge on any atom is 0.313 e. The van der Waals surface area contributed by atoms with E-state index in [0.717, 1.165) is 5.56 Å². The number of allylic oxidation sites excluding steroid dienone is 1. The van der Waals surface area contributed by atoms with E-state index in [1.807, 2.05) is 66.7 Å². The molecule has 230 valence electrons. The SMILES string of the molecule is C[C@H](CO)N1C(=O)[C@@H]2[C@H]3C(=O)O[C@H](c4ccccc4)CNC(=O)CC/C=C\[C@H]3O[C@@]23C=CCN(Cc2ccccc2)C(=O)[C@@H]13. The summed E-state index contributed by atoms with van der Waals surface area (Å²) in [6, 6.07) is 16.9. The van der Waals surface area contributed by atoms with Gasteiger partial charge in [-0.1, -0.05) is 85.0 Å². The molecular weight excluding hydrogens is 562 g/mol. The average molecular weight is 600 g/mol. The molecule has 6 rings (SSSR count). The Hall–Kier alpha value is -4.28. The highest BCUT2D eigenvalue weighted by molar-refractivity contribution is 5.99. The van der Waals surface area contributed by atoms with Crippen LogP contribution in [0.25, 0.3) is 0 Å². The van der Waals surface area contributed by atoms with Gasteiger partial charge in [-0.3, -0.25) is 19.2 Å². The zero-order valence-electron chi connectivity index (χ0n) is 24.6. The van der Waals surface area contributed by atoms with Gasteiger partial charge in [-0.25, -0.2) is 0 Å². The monoisotopic (exact) mass is 599 g/mol. The zero-order valence-corrected chi connectivity index (χ0v) is 24.6. The van der Waals surface area contributed by atoms with Crippen LogP contribution < -0.4 is 5.32 Å². The van der Waals surface area contributed by atoms with E-state index in [4.69, 9.17) is 9.47 Å². The van der Waals surface area contributed by atoms with Gasteiger partial charge < -0.3 is 29.7 Å². The number of carbonyl (C=O) groups is 4. The van der Waals surface area contributed by atoms with E-state index >= 15 is 0 Å². The van der Waals surface area contributed by atoms with Crippen LogP contribution in [0.3, 0.4) is 0 Å². The highest BCUT2D eigenvalue weighted by atomic mass is 16.6. The molecule has 4 heterocycles. The average Bonchev–Trinajstić information content (AvgIpc) is 3.44. The molecule has 10 nitrogen and oxygen atoms in total. The summed E-state index contributed by atoms with van der Waals surface area (Å²) in [4.78, 5) is 58.5. The van der Waals surface area contributed by atoms with E-state index in [2.05, 4.69) is 5.32 Å². The molecule has 0 aliphatic carbocycles. The molecule has 2 fully saturated rings. The highest BCUT2D eigenvalue weighted by Gasteiger charge is 2.72. The number of hydrogen-bond donors (Lipinski definition) is 2. The minimum Gasteiger partial charge on any atom is -0.455 e. The number of nitrogens with one attached hydrogen (secondary N) is 1. The van der Waals surface area contributed by atoms with Gasteiger partial charge in [0.05, 0.1) is 31.2 Å². The third-order valence-corrected chi connectivity index (χ3v) is 9.02. The Morgan fingerprint density at radius 2 is 1.73 bits per heavy atom. The van der Waals surface area contributed by atoms with E-state index in [9.17, 15) is 24.3 Å². The summed E-state index contributed by atoms with van der Waals surface area (Å²) in [6.45, 7) is 2.00. The predicted molar refractivity (Wildman–Crippen MR) is 159 cm³/mol. The molecule has 0 bridgehead atoms. The highest BCUT2D eigenvalue weighted by Crippen LogP contribution is 2.53. The van der Waals surface area contributed by atoms with E-state index in [-0.39, 0.29) is 37.9 Å². The maximum atomic E-state index is 14.4. The maximum absolute atomic E-state index is 14.4. The molecule has 0 radical (unpaired) electrons. The van der Waals surface area contributed by atoms with E-state index < -0.39 is 53.6 Å². The number of rotatable bonds is 5. The van der Waals surface area contributed by atoms with E-state index in [1.54, 1.807) is 30.1 Å². The molecule has 2 aromatic carbocycles. The fourth-order valence-electron chi connectivity index (χ4n) is 6.90. The first-order valence-corrected chi connectivity index (χ1v) is 15.1. The molecule has 3 amide bonds. The summed E-state index contributed by atoms with van der Waals surface area (Å²) in [6.07, 6.45) is 6.05. The number of ether oxygens (including phenoxy) is 2. The number of likely N-dealkylation sites (tertiary alicyclic amines) is 1. The van der Waals surface area contributed by atoms with Gasteiger partial charge in [0.1, 0.15) is 23.7 Å². The molecule has 4 aliphatic rings. The number of carbonyl (C=O) groups excluding carboxylic acids is 4. The number of fused-ring (bicyclic) bond motifs is 2. The summed E-state index contributed by atoms with van der Waals surface area (Å²) in [7, 11) is 0. The van der Waals surface area contributed by atoms with Crippen LogP contribution in [-0.2, 0) is 35.2 Å². The van der Waals surface area contributed by atoms with Crippen molar-refractivity contribution < 1.29 is 33.8 Å². The molecule has 2 saturated heterocycles. The second-order valence-corrected chi connectivity index (χ2v) is 11.8. The number of amides is 3. The second kappa shape index (κ2) is 12.4. The molecule has 44 heavy (non-hydrogen) atoms. The topological polar surface area (TPSA) is 125 Å². The minimum atomic E-state index is -1.46. The Bertz CT molecular complexity index is 1460. The van der Waals surface area contributed by atoms with Crippen molar-refractivity contribution in [1.29, 1.82) is 0 Å². The molecular formula is C34H37N3O7. The molecule has 1 spiro atoms. The molecule has 2 aromatic rings. The molecule has 0 unspecified atom stereocenters. The van der Waals surface area contributed by atoms with Gasteiger partial charge in [-0.2, -0.15) is 0 Å². The summed E-state index contributed by atoms with van der Waals surface area (Å²) >= 11 is 0. The largest absolute Gasteiger partial charge is 0.455 e. The quantitative estimate of drug-likeness (QED) is 0.399. The Kier molecular flexibility index (Phi) is 8.38. The standard InChI is InChI=1S/C34H37N3O7/c1-22(21-38)37-30-32(41)36(20-23-11-4-2-5-12-23)18-10-17-34(30)29(31(37)40)28-25(44-34)15-8-9-16-27(39)35-19-26(43-33(28)42)24-13-6-3-7-14-24/h2-8,10-15,17,22,25-26,28-30,38H,9,16,18-21H2,1H3,(H,35,39)/b15-8-/t22-,25-,26+,28+,29+,30-,34+/m1/s1. The van der Waals surface area contributed by atoms with Gasteiger partial charge in [0.25, 0.3) is 0 Å². The van der Waals surface area contributed by atoms with Crippen LogP contribution in [-0.4, -0.2) is 82.1 Å². The van der Waals surface area contributed by atoms with Crippen LogP contribution in [0.4, 0.5) is 0 Å². The van der Waals surface area contributed by atoms with Crippen molar-refractivity contribution in [2.24, 2.45) is 11.8 Å². The first-order valence-electron chi connectivity index (χ1n) is 15.1.